The van der Waals surface area contributed by atoms with Gasteiger partial charge in [-0.05, 0) is 17.9 Å². The maximum atomic E-state index is 13.3. The molecule has 0 amide bonds. The molecule has 5 nitrogen and oxygen atoms in total. The molecule has 3 heterocycles. The van der Waals surface area contributed by atoms with E-state index in [9.17, 15) is 4.39 Å². The number of halogens is 2. The highest BCUT2D eigenvalue weighted by atomic mass is 35.5. The molecule has 2 aromatic heterocycles. The van der Waals surface area contributed by atoms with Gasteiger partial charge in [-0.3, -0.25) is 0 Å². The minimum Gasteiger partial charge on any atom is -0.356 e. The fourth-order valence-corrected chi connectivity index (χ4v) is 2.82. The highest BCUT2D eigenvalue weighted by Crippen LogP contribution is 2.29. The second-order valence-corrected chi connectivity index (χ2v) is 5.68. The van der Waals surface area contributed by atoms with Crippen molar-refractivity contribution in [3.05, 3.63) is 35.9 Å². The van der Waals surface area contributed by atoms with Gasteiger partial charge in [0.2, 0.25) is 5.89 Å². The van der Waals surface area contributed by atoms with Crippen LogP contribution in [-0.4, -0.2) is 28.2 Å². The molecule has 0 unspecified atom stereocenters. The van der Waals surface area contributed by atoms with Gasteiger partial charge in [-0.15, -0.1) is 11.6 Å². The van der Waals surface area contributed by atoms with Crippen LogP contribution in [0.4, 0.5) is 10.2 Å². The number of alkyl halides is 1. The first-order valence-electron chi connectivity index (χ1n) is 6.89. The van der Waals surface area contributed by atoms with E-state index in [4.69, 9.17) is 16.1 Å². The van der Waals surface area contributed by atoms with Crippen molar-refractivity contribution in [2.24, 2.45) is 11.8 Å². The van der Waals surface area contributed by atoms with Gasteiger partial charge >= 0.3 is 0 Å². The predicted octanol–water partition coefficient (Wildman–Crippen LogP) is 2.66. The predicted molar refractivity (Wildman–Crippen MR) is 76.6 cm³/mol. The summed E-state index contributed by atoms with van der Waals surface area (Å²) in [5, 5.41) is 3.93. The molecule has 0 saturated carbocycles. The van der Waals surface area contributed by atoms with Gasteiger partial charge in [0.15, 0.2) is 5.82 Å². The van der Waals surface area contributed by atoms with Crippen molar-refractivity contribution in [2.75, 3.05) is 18.0 Å². The average Bonchev–Trinajstić information content (AvgIpc) is 3.07. The van der Waals surface area contributed by atoms with Crippen LogP contribution >= 0.6 is 11.6 Å². The molecular formula is C14H16ClFN4O. The molecule has 2 atom stereocenters. The molecule has 0 aromatic carbocycles. The second kappa shape index (κ2) is 5.97. The number of anilines is 1. The van der Waals surface area contributed by atoms with Crippen molar-refractivity contribution in [1.29, 1.82) is 0 Å². The SMILES string of the molecule is C[C@H]1CN(c2cc(F)ccn2)C[C@H]1Cc1noc(CCl)n1. The first-order chi connectivity index (χ1) is 10.2. The molecule has 1 fully saturated rings. The van der Waals surface area contributed by atoms with Crippen LogP contribution < -0.4 is 4.90 Å². The first-order valence-corrected chi connectivity index (χ1v) is 7.43. The molecular weight excluding hydrogens is 295 g/mol. The summed E-state index contributed by atoms with van der Waals surface area (Å²) in [7, 11) is 0. The van der Waals surface area contributed by atoms with E-state index in [0.29, 0.717) is 29.4 Å². The van der Waals surface area contributed by atoms with Gasteiger partial charge in [-0.1, -0.05) is 12.1 Å². The summed E-state index contributed by atoms with van der Waals surface area (Å²) in [6.07, 6.45) is 2.22. The van der Waals surface area contributed by atoms with Crippen molar-refractivity contribution < 1.29 is 8.91 Å². The monoisotopic (exact) mass is 310 g/mol. The lowest BCUT2D eigenvalue weighted by Gasteiger charge is -2.16. The van der Waals surface area contributed by atoms with Crippen molar-refractivity contribution >= 4 is 17.4 Å². The molecule has 1 aliphatic rings. The zero-order valence-electron chi connectivity index (χ0n) is 11.7. The molecule has 21 heavy (non-hydrogen) atoms. The van der Waals surface area contributed by atoms with Crippen LogP contribution in [0.15, 0.2) is 22.9 Å². The molecule has 2 aromatic rings. The van der Waals surface area contributed by atoms with Gasteiger partial charge in [-0.2, -0.15) is 4.98 Å². The molecule has 112 valence electrons. The van der Waals surface area contributed by atoms with E-state index in [1.165, 1.54) is 18.3 Å². The third kappa shape index (κ3) is 3.15. The van der Waals surface area contributed by atoms with E-state index in [0.717, 1.165) is 19.5 Å². The van der Waals surface area contributed by atoms with Gasteiger partial charge in [0.1, 0.15) is 17.5 Å². The Labute approximate surface area is 127 Å². The highest BCUT2D eigenvalue weighted by molar-refractivity contribution is 6.16. The van der Waals surface area contributed by atoms with Gasteiger partial charge in [0, 0.05) is 31.8 Å². The Hall–Kier alpha value is -1.69. The standard InChI is InChI=1S/C14H16ClFN4O/c1-9-7-20(13-5-11(16)2-3-17-13)8-10(9)4-12-18-14(6-15)21-19-12/h2-3,5,9-10H,4,6-8H2,1H3/t9-,10+/m0/s1. The fourth-order valence-electron chi connectivity index (χ4n) is 2.72. The lowest BCUT2D eigenvalue weighted by Crippen LogP contribution is -2.21. The Morgan fingerprint density at radius 2 is 2.33 bits per heavy atom. The fraction of sp³-hybridized carbons (Fsp3) is 0.500. The zero-order chi connectivity index (χ0) is 14.8. The molecule has 3 rings (SSSR count). The Morgan fingerprint density at radius 1 is 1.48 bits per heavy atom. The van der Waals surface area contributed by atoms with Gasteiger partial charge in [0.05, 0.1) is 0 Å². The topological polar surface area (TPSA) is 55.1 Å². The van der Waals surface area contributed by atoms with E-state index in [-0.39, 0.29) is 11.7 Å². The van der Waals surface area contributed by atoms with Crippen LogP contribution in [0.5, 0.6) is 0 Å². The lowest BCUT2D eigenvalue weighted by atomic mass is 9.94. The molecule has 1 saturated heterocycles. The second-order valence-electron chi connectivity index (χ2n) is 5.42. The number of hydrogen-bond donors (Lipinski definition) is 0. The third-order valence-corrected chi connectivity index (χ3v) is 4.10. The van der Waals surface area contributed by atoms with E-state index in [1.807, 2.05) is 0 Å². The first kappa shape index (κ1) is 14.3. The van der Waals surface area contributed by atoms with Crippen LogP contribution in [-0.2, 0) is 12.3 Å². The van der Waals surface area contributed by atoms with Crippen LogP contribution in [0.1, 0.15) is 18.6 Å². The molecule has 1 aliphatic heterocycles. The largest absolute Gasteiger partial charge is 0.356 e. The summed E-state index contributed by atoms with van der Waals surface area (Å²) in [6.45, 7) is 3.83. The summed E-state index contributed by atoms with van der Waals surface area (Å²) < 4.78 is 18.3. The maximum absolute atomic E-state index is 13.3. The molecule has 0 bridgehead atoms. The summed E-state index contributed by atoms with van der Waals surface area (Å²) in [5.41, 5.74) is 0. The minimum atomic E-state index is -0.263. The minimum absolute atomic E-state index is 0.229. The molecule has 0 radical (unpaired) electrons. The molecule has 0 aliphatic carbocycles. The number of hydrogen-bond acceptors (Lipinski definition) is 5. The Bertz CT molecular complexity index is 621. The van der Waals surface area contributed by atoms with Crippen molar-refractivity contribution in [3.8, 4) is 0 Å². The quantitative estimate of drug-likeness (QED) is 0.813. The Morgan fingerprint density at radius 3 is 3.05 bits per heavy atom. The van der Waals surface area contributed by atoms with Gasteiger partial charge in [-0.25, -0.2) is 9.37 Å². The van der Waals surface area contributed by atoms with Crippen LogP contribution in [0.2, 0.25) is 0 Å². The van der Waals surface area contributed by atoms with Gasteiger partial charge < -0.3 is 9.42 Å². The summed E-state index contributed by atoms with van der Waals surface area (Å²) in [6, 6.07) is 2.82. The van der Waals surface area contributed by atoms with E-state index in [1.54, 1.807) is 0 Å². The maximum Gasteiger partial charge on any atom is 0.241 e. The number of nitrogens with zero attached hydrogens (tertiary/aromatic N) is 4. The van der Waals surface area contributed by atoms with E-state index < -0.39 is 0 Å². The highest BCUT2D eigenvalue weighted by Gasteiger charge is 2.31. The smallest absolute Gasteiger partial charge is 0.241 e. The lowest BCUT2D eigenvalue weighted by molar-refractivity contribution is 0.374. The van der Waals surface area contributed by atoms with E-state index >= 15 is 0 Å². The summed E-state index contributed by atoms with van der Waals surface area (Å²) in [4.78, 5) is 10.6. The number of rotatable bonds is 4. The van der Waals surface area contributed by atoms with Crippen LogP contribution in [0, 0.1) is 17.7 Å². The third-order valence-electron chi connectivity index (χ3n) is 3.87. The van der Waals surface area contributed by atoms with Crippen LogP contribution in [0.25, 0.3) is 0 Å². The Balaban J connectivity index is 1.68. The average molecular weight is 311 g/mol. The molecule has 0 spiro atoms. The Kier molecular flexibility index (Phi) is 4.05. The van der Waals surface area contributed by atoms with Crippen LogP contribution in [0.3, 0.4) is 0 Å². The van der Waals surface area contributed by atoms with Crippen molar-refractivity contribution in [2.45, 2.75) is 19.2 Å². The summed E-state index contributed by atoms with van der Waals surface area (Å²) >= 11 is 5.66. The number of aromatic nitrogens is 3. The molecule has 0 N–H and O–H groups in total. The van der Waals surface area contributed by atoms with Gasteiger partial charge in [0.25, 0.3) is 0 Å². The number of pyridine rings is 1. The molecule has 7 heteroatoms. The van der Waals surface area contributed by atoms with Crippen molar-refractivity contribution in [3.63, 3.8) is 0 Å². The summed E-state index contributed by atoms with van der Waals surface area (Å²) in [5.74, 6) is 2.60. The van der Waals surface area contributed by atoms with E-state index in [2.05, 4.69) is 26.9 Å². The van der Waals surface area contributed by atoms with Crippen molar-refractivity contribution in [1.82, 2.24) is 15.1 Å². The zero-order valence-corrected chi connectivity index (χ0v) is 12.4. The normalized spacial score (nSPS) is 22.0.